The number of alkyl halides is 2. The number of hydrogen-bond donors (Lipinski definition) is 1. The molecule has 0 aliphatic heterocycles. The van der Waals surface area contributed by atoms with Crippen LogP contribution in [0.4, 0.5) is 14.5 Å². The highest BCUT2D eigenvalue weighted by atomic mass is 32.2. The molecule has 0 radical (unpaired) electrons. The molecular weight excluding hydrogens is 286 g/mol. The summed E-state index contributed by atoms with van der Waals surface area (Å²) < 4.78 is 47.2. The molecule has 1 N–H and O–H groups in total. The minimum absolute atomic E-state index is 0.354. The minimum atomic E-state index is -4.50. The van der Waals surface area contributed by atoms with Gasteiger partial charge in [-0.15, -0.1) is 0 Å². The van der Waals surface area contributed by atoms with Gasteiger partial charge in [0.15, 0.2) is 0 Å². The highest BCUT2D eigenvalue weighted by molar-refractivity contribution is 7.91. The van der Waals surface area contributed by atoms with Gasteiger partial charge in [0.25, 0.3) is 0 Å². The fraction of sp³-hybridized carbons (Fsp3) is 0.538. The Balaban J connectivity index is 1.88. The molecule has 1 aromatic carbocycles. The summed E-state index contributed by atoms with van der Waals surface area (Å²) in [5, 5.41) is 3.14. The van der Waals surface area contributed by atoms with Crippen molar-refractivity contribution in [3.63, 3.8) is 0 Å². The van der Waals surface area contributed by atoms with Gasteiger partial charge in [0.1, 0.15) is 0 Å². The third-order valence-corrected chi connectivity index (χ3v) is 4.78. The Morgan fingerprint density at radius 3 is 2.40 bits per heavy atom. The lowest BCUT2D eigenvalue weighted by atomic mass is 10.3. The minimum Gasteiger partial charge on any atom is -0.384 e. The summed E-state index contributed by atoms with van der Waals surface area (Å²) in [6.45, 7) is 1.62. The lowest BCUT2D eigenvalue weighted by molar-refractivity contribution is 0.234. The zero-order valence-electron chi connectivity index (χ0n) is 11.2. The van der Waals surface area contributed by atoms with Crippen LogP contribution < -0.4 is 5.32 Å². The molecule has 0 spiro atoms. The summed E-state index contributed by atoms with van der Waals surface area (Å²) >= 11 is 0. The number of benzene rings is 1. The Bertz CT molecular complexity index is 542. The lowest BCUT2D eigenvalue weighted by Crippen LogP contribution is -2.27. The number of nitrogens with zero attached hydrogens (tertiary/aromatic N) is 1. The molecule has 1 aliphatic carbocycles. The normalized spacial score (nSPS) is 15.8. The molecular formula is C13H18F2N2O2S. The first-order chi connectivity index (χ1) is 9.41. The van der Waals surface area contributed by atoms with Gasteiger partial charge in [0.05, 0.1) is 4.90 Å². The van der Waals surface area contributed by atoms with Crippen molar-refractivity contribution >= 4 is 15.5 Å². The molecule has 0 aromatic heterocycles. The van der Waals surface area contributed by atoms with Crippen LogP contribution in [0.25, 0.3) is 0 Å². The van der Waals surface area contributed by atoms with Crippen LogP contribution in [0.5, 0.6) is 0 Å². The molecule has 7 heteroatoms. The summed E-state index contributed by atoms with van der Waals surface area (Å²) in [7, 11) is -2.43. The first-order valence-corrected chi connectivity index (χ1v) is 8.02. The second-order valence-electron chi connectivity index (χ2n) is 4.97. The molecule has 0 amide bonds. The summed E-state index contributed by atoms with van der Waals surface area (Å²) in [5.41, 5.74) is 0.724. The maximum absolute atomic E-state index is 12.4. The molecule has 0 atom stereocenters. The number of hydrogen-bond acceptors (Lipinski definition) is 4. The Morgan fingerprint density at radius 1 is 1.30 bits per heavy atom. The van der Waals surface area contributed by atoms with Crippen molar-refractivity contribution in [1.29, 1.82) is 0 Å². The SMILES string of the molecule is CN(CCNc1ccc(S(=O)(=O)C(F)F)cc1)C1CC1. The third-order valence-electron chi connectivity index (χ3n) is 3.38. The van der Waals surface area contributed by atoms with E-state index in [0.29, 0.717) is 6.04 Å². The van der Waals surface area contributed by atoms with Gasteiger partial charge in [-0.3, -0.25) is 0 Å². The number of sulfone groups is 1. The van der Waals surface area contributed by atoms with Crippen LogP contribution in [-0.4, -0.2) is 45.3 Å². The highest BCUT2D eigenvalue weighted by Crippen LogP contribution is 2.25. The van der Waals surface area contributed by atoms with Crippen LogP contribution in [-0.2, 0) is 9.84 Å². The highest BCUT2D eigenvalue weighted by Gasteiger charge is 2.26. The fourth-order valence-electron chi connectivity index (χ4n) is 1.94. The Labute approximate surface area is 117 Å². The van der Waals surface area contributed by atoms with E-state index in [-0.39, 0.29) is 4.90 Å². The first-order valence-electron chi connectivity index (χ1n) is 6.47. The van der Waals surface area contributed by atoms with E-state index in [4.69, 9.17) is 0 Å². The quantitative estimate of drug-likeness (QED) is 0.839. The van der Waals surface area contributed by atoms with Gasteiger partial charge in [0, 0.05) is 24.8 Å². The zero-order chi connectivity index (χ0) is 14.8. The van der Waals surface area contributed by atoms with E-state index in [1.807, 2.05) is 0 Å². The molecule has 0 unspecified atom stereocenters. The van der Waals surface area contributed by atoms with Crippen molar-refractivity contribution in [2.24, 2.45) is 0 Å². The molecule has 1 aromatic rings. The average Bonchev–Trinajstić information content (AvgIpc) is 3.23. The van der Waals surface area contributed by atoms with E-state index in [2.05, 4.69) is 17.3 Å². The van der Waals surface area contributed by atoms with Crippen molar-refractivity contribution < 1.29 is 17.2 Å². The van der Waals surface area contributed by atoms with Crippen molar-refractivity contribution in [3.05, 3.63) is 24.3 Å². The number of halogens is 2. The van der Waals surface area contributed by atoms with Gasteiger partial charge in [-0.2, -0.15) is 8.78 Å². The molecule has 0 bridgehead atoms. The van der Waals surface area contributed by atoms with Crippen LogP contribution in [0.15, 0.2) is 29.2 Å². The smallest absolute Gasteiger partial charge is 0.341 e. The summed E-state index contributed by atoms with van der Waals surface area (Å²) in [6, 6.07) is 6.11. The molecule has 1 fully saturated rings. The van der Waals surface area contributed by atoms with Crippen molar-refractivity contribution in [3.8, 4) is 0 Å². The van der Waals surface area contributed by atoms with Gasteiger partial charge in [0.2, 0.25) is 9.84 Å². The summed E-state index contributed by atoms with van der Waals surface area (Å²) in [4.78, 5) is 1.91. The van der Waals surface area contributed by atoms with Crippen molar-refractivity contribution in [1.82, 2.24) is 4.90 Å². The monoisotopic (exact) mass is 304 g/mol. The number of likely N-dealkylation sites (N-methyl/N-ethyl adjacent to an activating group) is 1. The van der Waals surface area contributed by atoms with E-state index in [0.717, 1.165) is 18.8 Å². The Kier molecular flexibility index (Phi) is 4.59. The number of rotatable bonds is 7. The van der Waals surface area contributed by atoms with E-state index < -0.39 is 15.6 Å². The molecule has 1 saturated carbocycles. The van der Waals surface area contributed by atoms with Crippen LogP contribution in [0.3, 0.4) is 0 Å². The number of nitrogens with one attached hydrogen (secondary N) is 1. The molecule has 112 valence electrons. The average molecular weight is 304 g/mol. The summed E-state index contributed by atoms with van der Waals surface area (Å²) in [6.07, 6.45) is 2.49. The van der Waals surface area contributed by atoms with Gasteiger partial charge in [-0.05, 0) is 44.2 Å². The molecule has 0 saturated heterocycles. The molecule has 1 aliphatic rings. The standard InChI is InChI=1S/C13H18F2N2O2S/c1-17(11-4-5-11)9-8-16-10-2-6-12(7-3-10)20(18,19)13(14)15/h2-3,6-7,11,13,16H,4-5,8-9H2,1H3. The van der Waals surface area contributed by atoms with E-state index >= 15 is 0 Å². The second kappa shape index (κ2) is 6.05. The van der Waals surface area contributed by atoms with Crippen molar-refractivity contribution in [2.45, 2.75) is 29.5 Å². The topological polar surface area (TPSA) is 49.4 Å². The van der Waals surface area contributed by atoms with Gasteiger partial charge in [-0.1, -0.05) is 0 Å². The van der Waals surface area contributed by atoms with Gasteiger partial charge in [-0.25, -0.2) is 8.42 Å². The molecule has 4 nitrogen and oxygen atoms in total. The van der Waals surface area contributed by atoms with E-state index in [1.165, 1.54) is 37.1 Å². The van der Waals surface area contributed by atoms with Crippen LogP contribution in [0, 0.1) is 0 Å². The Morgan fingerprint density at radius 2 is 1.90 bits per heavy atom. The second-order valence-corrected chi connectivity index (χ2v) is 6.89. The maximum atomic E-state index is 12.4. The first kappa shape index (κ1) is 15.2. The Hall–Kier alpha value is -1.21. The predicted molar refractivity (Wildman–Crippen MR) is 73.8 cm³/mol. The maximum Gasteiger partial charge on any atom is 0.341 e. The predicted octanol–water partition coefficient (Wildman–Crippen LogP) is 2.19. The van der Waals surface area contributed by atoms with Gasteiger partial charge >= 0.3 is 5.76 Å². The van der Waals surface area contributed by atoms with Crippen molar-refractivity contribution in [2.75, 3.05) is 25.5 Å². The van der Waals surface area contributed by atoms with Crippen LogP contribution in [0.2, 0.25) is 0 Å². The van der Waals surface area contributed by atoms with Gasteiger partial charge < -0.3 is 10.2 Å². The summed E-state index contributed by atoms with van der Waals surface area (Å²) in [5.74, 6) is -3.38. The van der Waals surface area contributed by atoms with E-state index in [9.17, 15) is 17.2 Å². The zero-order valence-corrected chi connectivity index (χ0v) is 12.0. The van der Waals surface area contributed by atoms with Crippen LogP contribution in [0.1, 0.15) is 12.8 Å². The molecule has 20 heavy (non-hydrogen) atoms. The van der Waals surface area contributed by atoms with Crippen LogP contribution >= 0.6 is 0 Å². The third kappa shape index (κ3) is 3.67. The molecule has 2 rings (SSSR count). The number of anilines is 1. The fourth-order valence-corrected chi connectivity index (χ4v) is 2.66. The lowest BCUT2D eigenvalue weighted by Gasteiger charge is -2.16. The van der Waals surface area contributed by atoms with E-state index in [1.54, 1.807) is 0 Å². The largest absolute Gasteiger partial charge is 0.384 e. The molecule has 0 heterocycles.